The van der Waals surface area contributed by atoms with Crippen LogP contribution in [0.5, 0.6) is 5.75 Å². The number of halogens is 4. The standard InChI is InChI=1S/C20H25F4N5O/c21-15-4-1-2-5-17(15)30-11-3-8-28-9-6-14(7-10-28)16-12-18(20(22,23)24)29-19(27-16)25-13-26-29/h1-2,4-5,13-14,16,18H,3,6-12H2,(H,25,26,27)/t16-,18+/m0/s1. The van der Waals surface area contributed by atoms with E-state index in [0.717, 1.165) is 49.9 Å². The molecule has 0 bridgehead atoms. The smallest absolute Gasteiger partial charge is 0.411 e. The number of benzene rings is 1. The summed E-state index contributed by atoms with van der Waals surface area (Å²) in [6.45, 7) is 2.89. The first-order valence-corrected chi connectivity index (χ1v) is 10.2. The lowest BCUT2D eigenvalue weighted by Crippen LogP contribution is -2.46. The average Bonchev–Trinajstić information content (AvgIpc) is 3.20. The Bertz CT molecular complexity index is 835. The van der Waals surface area contributed by atoms with Crippen LogP contribution in [0.1, 0.15) is 31.7 Å². The summed E-state index contributed by atoms with van der Waals surface area (Å²) < 4.78 is 60.4. The van der Waals surface area contributed by atoms with Gasteiger partial charge < -0.3 is 15.0 Å². The molecule has 1 fully saturated rings. The summed E-state index contributed by atoms with van der Waals surface area (Å²) >= 11 is 0. The van der Waals surface area contributed by atoms with Crippen LogP contribution in [-0.2, 0) is 0 Å². The van der Waals surface area contributed by atoms with E-state index in [1.807, 2.05) is 0 Å². The molecule has 0 spiro atoms. The third-order valence-electron chi connectivity index (χ3n) is 5.95. The van der Waals surface area contributed by atoms with Gasteiger partial charge in [0, 0.05) is 12.6 Å². The molecule has 3 heterocycles. The van der Waals surface area contributed by atoms with Gasteiger partial charge in [-0.3, -0.25) is 0 Å². The highest BCUT2D eigenvalue weighted by Crippen LogP contribution is 2.41. The molecule has 30 heavy (non-hydrogen) atoms. The van der Waals surface area contributed by atoms with Crippen LogP contribution in [0.15, 0.2) is 30.6 Å². The zero-order chi connectivity index (χ0) is 21.1. The third kappa shape index (κ3) is 4.69. The highest BCUT2D eigenvalue weighted by atomic mass is 19.4. The van der Waals surface area contributed by atoms with E-state index < -0.39 is 12.2 Å². The second-order valence-electron chi connectivity index (χ2n) is 7.88. The lowest BCUT2D eigenvalue weighted by Gasteiger charge is -2.40. The summed E-state index contributed by atoms with van der Waals surface area (Å²) in [7, 11) is 0. The van der Waals surface area contributed by atoms with Gasteiger partial charge >= 0.3 is 6.18 Å². The highest BCUT2D eigenvalue weighted by Gasteiger charge is 2.47. The lowest BCUT2D eigenvalue weighted by molar-refractivity contribution is -0.174. The molecule has 164 valence electrons. The fourth-order valence-corrected chi connectivity index (χ4v) is 4.34. The van der Waals surface area contributed by atoms with Crippen LogP contribution >= 0.6 is 0 Å². The maximum Gasteiger partial charge on any atom is 0.411 e. The van der Waals surface area contributed by atoms with Crippen molar-refractivity contribution in [3.8, 4) is 5.75 Å². The van der Waals surface area contributed by atoms with Gasteiger partial charge in [-0.2, -0.15) is 23.3 Å². The number of rotatable bonds is 6. The predicted molar refractivity (Wildman–Crippen MR) is 103 cm³/mol. The van der Waals surface area contributed by atoms with Crippen LogP contribution < -0.4 is 10.1 Å². The van der Waals surface area contributed by atoms with Gasteiger partial charge in [-0.15, -0.1) is 0 Å². The van der Waals surface area contributed by atoms with E-state index in [1.165, 1.54) is 6.07 Å². The van der Waals surface area contributed by atoms with Gasteiger partial charge in [0.15, 0.2) is 17.6 Å². The molecule has 1 aromatic carbocycles. The number of hydrogen-bond acceptors (Lipinski definition) is 5. The molecule has 1 aromatic heterocycles. The molecule has 2 aliphatic rings. The van der Waals surface area contributed by atoms with Gasteiger partial charge in [-0.05, 0) is 56.8 Å². The normalized spacial score (nSPS) is 23.1. The Morgan fingerprint density at radius 1 is 1.17 bits per heavy atom. The molecule has 2 aromatic rings. The van der Waals surface area contributed by atoms with Crippen LogP contribution in [0.2, 0.25) is 0 Å². The first kappa shape index (κ1) is 20.9. The Labute approximate surface area is 172 Å². The molecule has 6 nitrogen and oxygen atoms in total. The van der Waals surface area contributed by atoms with Gasteiger partial charge in [0.2, 0.25) is 5.95 Å². The Hall–Kier alpha value is -2.36. The monoisotopic (exact) mass is 427 g/mol. The quantitative estimate of drug-likeness (QED) is 0.560. The molecule has 2 aliphatic heterocycles. The molecule has 0 radical (unpaired) electrons. The van der Waals surface area contributed by atoms with E-state index in [1.54, 1.807) is 18.2 Å². The predicted octanol–water partition coefficient (Wildman–Crippen LogP) is 3.89. The van der Waals surface area contributed by atoms with Crippen molar-refractivity contribution in [1.29, 1.82) is 0 Å². The van der Waals surface area contributed by atoms with E-state index in [9.17, 15) is 17.6 Å². The molecule has 1 N–H and O–H groups in total. The minimum absolute atomic E-state index is 0.0268. The molecular formula is C20H25F4N5O. The van der Waals surface area contributed by atoms with Crippen molar-refractivity contribution >= 4 is 5.95 Å². The fourth-order valence-electron chi connectivity index (χ4n) is 4.34. The molecule has 0 saturated carbocycles. The minimum atomic E-state index is -4.35. The molecule has 4 rings (SSSR count). The van der Waals surface area contributed by atoms with E-state index >= 15 is 0 Å². The summed E-state index contributed by atoms with van der Waals surface area (Å²) in [6, 6.07) is 4.43. The molecule has 0 amide bonds. The van der Waals surface area contributed by atoms with Crippen molar-refractivity contribution in [1.82, 2.24) is 19.7 Å². The second-order valence-corrected chi connectivity index (χ2v) is 7.88. The fraction of sp³-hybridized carbons (Fsp3) is 0.600. The van der Waals surface area contributed by atoms with Crippen molar-refractivity contribution in [2.75, 3.05) is 31.6 Å². The number of fused-ring (bicyclic) bond motifs is 1. The number of likely N-dealkylation sites (tertiary alicyclic amines) is 1. The Kier molecular flexibility index (Phi) is 6.12. The molecular weight excluding hydrogens is 402 g/mol. The van der Waals surface area contributed by atoms with E-state index in [0.29, 0.717) is 6.61 Å². The van der Waals surface area contributed by atoms with Crippen molar-refractivity contribution in [3.05, 3.63) is 36.4 Å². The Morgan fingerprint density at radius 3 is 2.67 bits per heavy atom. The van der Waals surface area contributed by atoms with E-state index in [2.05, 4.69) is 20.3 Å². The molecule has 10 heteroatoms. The summed E-state index contributed by atoms with van der Waals surface area (Å²) in [5.41, 5.74) is 0. The second kappa shape index (κ2) is 8.79. The molecule has 1 saturated heterocycles. The largest absolute Gasteiger partial charge is 0.490 e. The number of nitrogens with zero attached hydrogens (tertiary/aromatic N) is 4. The van der Waals surface area contributed by atoms with Gasteiger partial charge in [-0.1, -0.05) is 12.1 Å². The van der Waals surface area contributed by atoms with Crippen molar-refractivity contribution in [2.45, 2.75) is 43.9 Å². The topological polar surface area (TPSA) is 55.2 Å². The summed E-state index contributed by atoms with van der Waals surface area (Å²) in [6.07, 6.45) is -0.798. The molecule has 0 aliphatic carbocycles. The number of piperidine rings is 1. The molecule has 2 atom stereocenters. The van der Waals surface area contributed by atoms with Gasteiger partial charge in [0.25, 0.3) is 0 Å². The maximum atomic E-state index is 13.5. The summed E-state index contributed by atoms with van der Waals surface area (Å²) in [4.78, 5) is 6.24. The number of alkyl halides is 3. The van der Waals surface area contributed by atoms with Crippen LogP contribution in [-0.4, -0.2) is 58.1 Å². The number of anilines is 1. The Balaban J connectivity index is 1.23. The van der Waals surface area contributed by atoms with Crippen molar-refractivity contribution in [2.24, 2.45) is 5.92 Å². The van der Waals surface area contributed by atoms with Gasteiger partial charge in [0.1, 0.15) is 6.33 Å². The van der Waals surface area contributed by atoms with Gasteiger partial charge in [0.05, 0.1) is 6.61 Å². The molecule has 0 unspecified atom stereocenters. The van der Waals surface area contributed by atoms with Crippen molar-refractivity contribution in [3.63, 3.8) is 0 Å². The van der Waals surface area contributed by atoms with Crippen LogP contribution in [0, 0.1) is 11.7 Å². The number of nitrogens with one attached hydrogen (secondary N) is 1. The Morgan fingerprint density at radius 2 is 1.93 bits per heavy atom. The number of ether oxygens (including phenoxy) is 1. The zero-order valence-electron chi connectivity index (χ0n) is 16.5. The summed E-state index contributed by atoms with van der Waals surface area (Å²) in [5, 5.41) is 6.90. The lowest BCUT2D eigenvalue weighted by atomic mass is 9.85. The highest BCUT2D eigenvalue weighted by molar-refractivity contribution is 5.30. The van der Waals surface area contributed by atoms with E-state index in [4.69, 9.17) is 4.74 Å². The average molecular weight is 427 g/mol. The first-order valence-electron chi connectivity index (χ1n) is 10.2. The van der Waals surface area contributed by atoms with Crippen LogP contribution in [0.3, 0.4) is 0 Å². The first-order chi connectivity index (χ1) is 14.4. The van der Waals surface area contributed by atoms with Gasteiger partial charge in [-0.25, -0.2) is 9.07 Å². The number of aromatic nitrogens is 3. The summed E-state index contributed by atoms with van der Waals surface area (Å²) in [5.74, 6) is 0.241. The maximum absolute atomic E-state index is 13.5. The number of para-hydroxylation sites is 1. The number of hydrogen-bond donors (Lipinski definition) is 1. The van der Waals surface area contributed by atoms with E-state index in [-0.39, 0.29) is 35.9 Å². The third-order valence-corrected chi connectivity index (χ3v) is 5.95. The van der Waals surface area contributed by atoms with Crippen LogP contribution in [0.25, 0.3) is 0 Å². The van der Waals surface area contributed by atoms with Crippen molar-refractivity contribution < 1.29 is 22.3 Å². The van der Waals surface area contributed by atoms with Crippen LogP contribution in [0.4, 0.5) is 23.5 Å². The zero-order valence-corrected chi connectivity index (χ0v) is 16.5. The minimum Gasteiger partial charge on any atom is -0.490 e. The SMILES string of the molecule is Fc1ccccc1OCCCN1CCC([C@@H]2C[C@H](C(F)(F)F)n3ncnc3N2)CC1.